The van der Waals surface area contributed by atoms with Gasteiger partial charge in [-0.05, 0) is 24.5 Å². The zero-order valence-corrected chi connectivity index (χ0v) is 12.8. The molecule has 114 valence electrons. The van der Waals surface area contributed by atoms with Gasteiger partial charge in [-0.25, -0.2) is 4.79 Å². The summed E-state index contributed by atoms with van der Waals surface area (Å²) in [5.74, 6) is 0.868. The zero-order chi connectivity index (χ0) is 16.4. The molecule has 0 saturated carbocycles. The Morgan fingerprint density at radius 1 is 1.32 bits per heavy atom. The van der Waals surface area contributed by atoms with Crippen molar-refractivity contribution in [1.29, 1.82) is 0 Å². The first-order valence-electron chi connectivity index (χ1n) is 6.97. The maximum atomic E-state index is 12.6. The third kappa shape index (κ3) is 2.48. The number of fused-ring (bicyclic) bond motifs is 1. The molecular formula is C17H17NO4. The molecule has 1 heterocycles. The Morgan fingerprint density at radius 2 is 2.00 bits per heavy atom. The molecule has 0 saturated heterocycles. The molecular weight excluding hydrogens is 282 g/mol. The van der Waals surface area contributed by atoms with Crippen LogP contribution >= 0.6 is 0 Å². The van der Waals surface area contributed by atoms with Crippen molar-refractivity contribution in [3.63, 3.8) is 0 Å². The van der Waals surface area contributed by atoms with Crippen LogP contribution in [0, 0.1) is 18.3 Å². The van der Waals surface area contributed by atoms with Crippen LogP contribution < -0.4 is 0 Å². The molecule has 0 unspecified atom stereocenters. The van der Waals surface area contributed by atoms with Crippen molar-refractivity contribution in [1.82, 2.24) is 4.90 Å². The molecule has 1 atom stereocenters. The third-order valence-corrected chi connectivity index (χ3v) is 3.58. The van der Waals surface area contributed by atoms with E-state index in [0.29, 0.717) is 12.0 Å². The van der Waals surface area contributed by atoms with E-state index < -0.39 is 23.8 Å². The van der Waals surface area contributed by atoms with Gasteiger partial charge in [-0.1, -0.05) is 25.8 Å². The number of terminal acetylenes is 1. The van der Waals surface area contributed by atoms with Crippen LogP contribution in [0.25, 0.3) is 0 Å². The van der Waals surface area contributed by atoms with E-state index in [2.05, 4.69) is 5.92 Å². The van der Waals surface area contributed by atoms with E-state index in [1.165, 1.54) is 7.11 Å². The minimum atomic E-state index is -0.942. The molecule has 0 aliphatic carbocycles. The lowest BCUT2D eigenvalue weighted by Crippen LogP contribution is -2.46. The predicted octanol–water partition coefficient (Wildman–Crippen LogP) is 1.85. The lowest BCUT2D eigenvalue weighted by atomic mass is 10.0. The number of methoxy groups -OCH3 is 1. The van der Waals surface area contributed by atoms with Crippen molar-refractivity contribution in [2.24, 2.45) is 5.92 Å². The SMILES string of the molecule is C#Cc1cccc2c1C(=O)N([C@@H](CC(C)C)C(=O)OC)C2=O. The zero-order valence-electron chi connectivity index (χ0n) is 12.8. The summed E-state index contributed by atoms with van der Waals surface area (Å²) in [5.41, 5.74) is 0.775. The number of rotatable bonds is 4. The fraction of sp³-hybridized carbons (Fsp3) is 0.353. The van der Waals surface area contributed by atoms with Crippen LogP contribution in [-0.4, -0.2) is 35.8 Å². The summed E-state index contributed by atoms with van der Waals surface area (Å²) in [4.78, 5) is 38.2. The van der Waals surface area contributed by atoms with Gasteiger partial charge < -0.3 is 4.74 Å². The average Bonchev–Trinajstić information content (AvgIpc) is 2.76. The monoisotopic (exact) mass is 299 g/mol. The van der Waals surface area contributed by atoms with E-state index in [1.54, 1.807) is 18.2 Å². The maximum absolute atomic E-state index is 12.6. The van der Waals surface area contributed by atoms with E-state index in [0.717, 1.165) is 4.90 Å². The van der Waals surface area contributed by atoms with Gasteiger partial charge in [-0.3, -0.25) is 14.5 Å². The van der Waals surface area contributed by atoms with Crippen LogP contribution in [0.4, 0.5) is 0 Å². The summed E-state index contributed by atoms with van der Waals surface area (Å²) in [7, 11) is 1.24. The van der Waals surface area contributed by atoms with Crippen LogP contribution in [0.5, 0.6) is 0 Å². The molecule has 22 heavy (non-hydrogen) atoms. The Morgan fingerprint density at radius 3 is 2.55 bits per heavy atom. The number of amides is 2. The number of esters is 1. The van der Waals surface area contributed by atoms with E-state index >= 15 is 0 Å². The maximum Gasteiger partial charge on any atom is 0.329 e. The Balaban J connectivity index is 2.50. The summed E-state index contributed by atoms with van der Waals surface area (Å²) in [6.07, 6.45) is 5.73. The van der Waals surface area contributed by atoms with Crippen molar-refractivity contribution in [2.45, 2.75) is 26.3 Å². The molecule has 0 aromatic heterocycles. The minimum absolute atomic E-state index is 0.112. The van der Waals surface area contributed by atoms with Gasteiger partial charge in [0.25, 0.3) is 11.8 Å². The average molecular weight is 299 g/mol. The minimum Gasteiger partial charge on any atom is -0.467 e. The number of nitrogens with zero attached hydrogens (tertiary/aromatic N) is 1. The summed E-state index contributed by atoms with van der Waals surface area (Å²) in [6.45, 7) is 3.81. The molecule has 5 nitrogen and oxygen atoms in total. The number of hydrogen-bond donors (Lipinski definition) is 0. The van der Waals surface area contributed by atoms with Gasteiger partial charge >= 0.3 is 5.97 Å². The lowest BCUT2D eigenvalue weighted by Gasteiger charge is -2.25. The summed E-state index contributed by atoms with van der Waals surface area (Å²) >= 11 is 0. The van der Waals surface area contributed by atoms with E-state index in [9.17, 15) is 14.4 Å². The van der Waals surface area contributed by atoms with Gasteiger partial charge in [-0.15, -0.1) is 6.42 Å². The van der Waals surface area contributed by atoms with Gasteiger partial charge in [0.2, 0.25) is 0 Å². The van der Waals surface area contributed by atoms with Crippen molar-refractivity contribution in [2.75, 3.05) is 7.11 Å². The number of hydrogen-bond acceptors (Lipinski definition) is 4. The van der Waals surface area contributed by atoms with Crippen molar-refractivity contribution in [3.05, 3.63) is 34.9 Å². The number of benzene rings is 1. The largest absolute Gasteiger partial charge is 0.467 e. The van der Waals surface area contributed by atoms with E-state index in [4.69, 9.17) is 11.2 Å². The first-order chi connectivity index (χ1) is 10.4. The molecule has 0 fully saturated rings. The lowest BCUT2D eigenvalue weighted by molar-refractivity contribution is -0.145. The number of carbonyl (C=O) groups is 3. The summed E-state index contributed by atoms with van der Waals surface area (Å²) < 4.78 is 4.75. The summed E-state index contributed by atoms with van der Waals surface area (Å²) in [6, 6.07) is 3.82. The standard InChI is InChI=1S/C17H17NO4/c1-5-11-7-6-8-12-14(11)16(20)18(15(12)19)13(9-10(2)3)17(21)22-4/h1,6-8,10,13H,9H2,2-4H3/t13-/m0/s1. The van der Waals surface area contributed by atoms with Crippen molar-refractivity contribution in [3.8, 4) is 12.3 Å². The highest BCUT2D eigenvalue weighted by atomic mass is 16.5. The molecule has 1 aromatic carbocycles. The second-order valence-electron chi connectivity index (χ2n) is 5.52. The molecule has 0 bridgehead atoms. The van der Waals surface area contributed by atoms with E-state index in [-0.39, 0.29) is 17.0 Å². The van der Waals surface area contributed by atoms with E-state index in [1.807, 2.05) is 13.8 Å². The van der Waals surface area contributed by atoms with Crippen LogP contribution in [-0.2, 0) is 9.53 Å². The van der Waals surface area contributed by atoms with Crippen LogP contribution in [0.15, 0.2) is 18.2 Å². The molecule has 0 N–H and O–H groups in total. The third-order valence-electron chi connectivity index (χ3n) is 3.58. The fourth-order valence-electron chi connectivity index (χ4n) is 2.60. The fourth-order valence-corrected chi connectivity index (χ4v) is 2.60. The summed E-state index contributed by atoms with van der Waals surface area (Å²) in [5, 5.41) is 0. The molecule has 2 rings (SSSR count). The molecule has 1 aliphatic rings. The van der Waals surface area contributed by atoms with Crippen LogP contribution in [0.2, 0.25) is 0 Å². The van der Waals surface area contributed by atoms with Crippen molar-refractivity contribution >= 4 is 17.8 Å². The molecule has 0 radical (unpaired) electrons. The highest BCUT2D eigenvalue weighted by Gasteiger charge is 2.44. The first-order valence-corrected chi connectivity index (χ1v) is 6.97. The smallest absolute Gasteiger partial charge is 0.329 e. The first kappa shape index (κ1) is 15.8. The van der Waals surface area contributed by atoms with Gasteiger partial charge in [0, 0.05) is 5.56 Å². The van der Waals surface area contributed by atoms with Crippen molar-refractivity contribution < 1.29 is 19.1 Å². The Hall–Kier alpha value is -2.61. The topological polar surface area (TPSA) is 63.7 Å². The molecule has 2 amide bonds. The van der Waals surface area contributed by atoms with Gasteiger partial charge in [-0.2, -0.15) is 0 Å². The Bertz CT molecular complexity index is 684. The molecule has 1 aromatic rings. The van der Waals surface area contributed by atoms with Crippen LogP contribution in [0.3, 0.4) is 0 Å². The normalized spacial score (nSPS) is 14.8. The molecule has 5 heteroatoms. The number of ether oxygens (including phenoxy) is 1. The highest BCUT2D eigenvalue weighted by Crippen LogP contribution is 2.29. The molecule has 1 aliphatic heterocycles. The molecule has 0 spiro atoms. The Kier molecular flexibility index (Phi) is 4.32. The predicted molar refractivity (Wildman–Crippen MR) is 80.1 cm³/mol. The van der Waals surface area contributed by atoms with Gasteiger partial charge in [0.15, 0.2) is 0 Å². The number of carbonyl (C=O) groups excluding carboxylic acids is 3. The van der Waals surface area contributed by atoms with Gasteiger partial charge in [0.1, 0.15) is 6.04 Å². The second kappa shape index (κ2) is 6.02. The quantitative estimate of drug-likeness (QED) is 0.483. The highest BCUT2D eigenvalue weighted by molar-refractivity contribution is 6.23. The van der Waals surface area contributed by atoms with Gasteiger partial charge in [0.05, 0.1) is 18.2 Å². The second-order valence-corrected chi connectivity index (χ2v) is 5.52. The van der Waals surface area contributed by atoms with Crippen LogP contribution in [0.1, 0.15) is 46.5 Å². The number of imide groups is 1. The Labute approximate surface area is 129 Å².